The largest absolute Gasteiger partial charge is 0.505 e. The lowest BCUT2D eigenvalue weighted by Gasteiger charge is -2.19. The number of aromatic carboxylic acids is 2. The lowest BCUT2D eigenvalue weighted by molar-refractivity contribution is 0.0646. The summed E-state index contributed by atoms with van der Waals surface area (Å²) in [7, 11) is 1.54. The molecule has 0 aliphatic rings. The van der Waals surface area contributed by atoms with Crippen LogP contribution in [-0.4, -0.2) is 51.4 Å². The number of aryl methyl sites for hydroxylation is 1. The molecule has 0 spiro atoms. The molecule has 0 amide bonds. The number of aromatic nitrogens is 1. The van der Waals surface area contributed by atoms with Gasteiger partial charge in [0, 0.05) is 12.3 Å². The summed E-state index contributed by atoms with van der Waals surface area (Å²) >= 11 is 1.52. The molecule has 1 unspecified atom stereocenters. The predicted molar refractivity (Wildman–Crippen MR) is 102 cm³/mol. The predicted octanol–water partition coefficient (Wildman–Crippen LogP) is 3.25. The smallest absolute Gasteiger partial charge is 0.340 e. The molecule has 2 aromatic rings. The van der Waals surface area contributed by atoms with Crippen LogP contribution in [0.25, 0.3) is 0 Å². The number of carboxylic acid groups (broad SMARTS) is 2. The topological polar surface area (TPSA) is 117 Å². The van der Waals surface area contributed by atoms with Crippen LogP contribution < -0.4 is 4.74 Å². The minimum absolute atomic E-state index is 0.110. The highest BCUT2D eigenvalue weighted by Crippen LogP contribution is 2.34. The first-order valence-electron chi connectivity index (χ1n) is 8.17. The number of carbonyl (C=O) groups is 2. The van der Waals surface area contributed by atoms with E-state index in [1.165, 1.54) is 11.8 Å². The number of hydrogen-bond acceptors (Lipinski definition) is 6. The van der Waals surface area contributed by atoms with Gasteiger partial charge in [-0.1, -0.05) is 19.1 Å². The van der Waals surface area contributed by atoms with E-state index in [2.05, 4.69) is 4.98 Å². The van der Waals surface area contributed by atoms with Crippen molar-refractivity contribution in [1.82, 2.24) is 4.98 Å². The summed E-state index contributed by atoms with van der Waals surface area (Å²) in [6.07, 6.45) is 2.21. The Kier molecular flexibility index (Phi) is 6.68. The van der Waals surface area contributed by atoms with Crippen LogP contribution in [0.2, 0.25) is 0 Å². The standard InChI is InChI=1S/C19H21NO6S/c1-10(11-4-6-12(26-2)7-5-11)16-14(18(22)23)15(19(24)25)17(21)13(20-16)8-9-27-3/h4-7,10,21H,8-9H2,1-3H3,(H,22,23)(H,24,25). The first-order valence-corrected chi connectivity index (χ1v) is 9.56. The number of thioether (sulfide) groups is 1. The van der Waals surface area contributed by atoms with Crippen molar-refractivity contribution in [1.29, 1.82) is 0 Å². The Balaban J connectivity index is 2.68. The molecular weight excluding hydrogens is 370 g/mol. The first kappa shape index (κ1) is 20.6. The van der Waals surface area contributed by atoms with E-state index in [1.807, 2.05) is 6.26 Å². The van der Waals surface area contributed by atoms with E-state index in [0.717, 1.165) is 5.56 Å². The first-order chi connectivity index (χ1) is 12.8. The van der Waals surface area contributed by atoms with Crippen molar-refractivity contribution in [3.63, 3.8) is 0 Å². The fourth-order valence-corrected chi connectivity index (χ4v) is 3.20. The van der Waals surface area contributed by atoms with Crippen molar-refractivity contribution >= 4 is 23.7 Å². The molecule has 1 heterocycles. The van der Waals surface area contributed by atoms with Gasteiger partial charge in [-0.05, 0) is 29.7 Å². The number of methoxy groups -OCH3 is 1. The van der Waals surface area contributed by atoms with Crippen LogP contribution in [0.15, 0.2) is 24.3 Å². The highest BCUT2D eigenvalue weighted by atomic mass is 32.2. The minimum atomic E-state index is -1.50. The number of rotatable bonds is 8. The molecule has 0 fully saturated rings. The molecule has 7 nitrogen and oxygen atoms in total. The fraction of sp³-hybridized carbons (Fsp3) is 0.316. The van der Waals surface area contributed by atoms with Crippen LogP contribution in [0.4, 0.5) is 0 Å². The second-order valence-electron chi connectivity index (χ2n) is 5.89. The monoisotopic (exact) mass is 391 g/mol. The fourth-order valence-electron chi connectivity index (χ4n) is 2.81. The van der Waals surface area contributed by atoms with Crippen molar-refractivity contribution < 1.29 is 29.6 Å². The number of ether oxygens (including phenoxy) is 1. The summed E-state index contributed by atoms with van der Waals surface area (Å²) in [4.78, 5) is 27.9. The van der Waals surface area contributed by atoms with E-state index < -0.39 is 34.7 Å². The second kappa shape index (κ2) is 8.77. The van der Waals surface area contributed by atoms with Gasteiger partial charge in [0.1, 0.15) is 11.3 Å². The zero-order valence-electron chi connectivity index (χ0n) is 15.2. The molecular formula is C19H21NO6S. The van der Waals surface area contributed by atoms with Crippen molar-refractivity contribution in [2.75, 3.05) is 19.1 Å². The number of hydrogen-bond donors (Lipinski definition) is 3. The molecule has 1 atom stereocenters. The summed E-state index contributed by atoms with van der Waals surface area (Å²) in [5.41, 5.74) is -0.0649. The molecule has 0 radical (unpaired) electrons. The SMILES string of the molecule is COc1ccc(C(C)c2nc(CCSC)c(O)c(C(=O)O)c2C(=O)O)cc1. The summed E-state index contributed by atoms with van der Waals surface area (Å²) in [5, 5.41) is 29.5. The molecule has 2 rings (SSSR count). The quantitative estimate of drug-likeness (QED) is 0.628. The van der Waals surface area contributed by atoms with Crippen molar-refractivity contribution in [2.45, 2.75) is 19.3 Å². The molecule has 0 aliphatic carbocycles. The lowest BCUT2D eigenvalue weighted by atomic mass is 9.90. The van der Waals surface area contributed by atoms with Gasteiger partial charge in [-0.3, -0.25) is 4.98 Å². The zero-order chi connectivity index (χ0) is 20.1. The van der Waals surface area contributed by atoms with Gasteiger partial charge in [0.2, 0.25) is 0 Å². The highest BCUT2D eigenvalue weighted by molar-refractivity contribution is 7.98. The van der Waals surface area contributed by atoms with Gasteiger partial charge in [0.25, 0.3) is 0 Å². The van der Waals surface area contributed by atoms with Gasteiger partial charge in [-0.2, -0.15) is 11.8 Å². The van der Waals surface area contributed by atoms with E-state index in [0.29, 0.717) is 17.9 Å². The van der Waals surface area contributed by atoms with Gasteiger partial charge in [0.05, 0.1) is 24.1 Å². The zero-order valence-corrected chi connectivity index (χ0v) is 16.0. The summed E-state index contributed by atoms with van der Waals surface area (Å²) in [6.45, 7) is 1.75. The van der Waals surface area contributed by atoms with Gasteiger partial charge in [-0.25, -0.2) is 9.59 Å². The van der Waals surface area contributed by atoms with Crippen LogP contribution in [0.1, 0.15) is 50.5 Å². The van der Waals surface area contributed by atoms with Gasteiger partial charge < -0.3 is 20.1 Å². The Labute approximate surface area is 161 Å². The van der Waals surface area contributed by atoms with E-state index >= 15 is 0 Å². The number of carboxylic acids is 2. The summed E-state index contributed by atoms with van der Waals surface area (Å²) in [6, 6.07) is 7.01. The summed E-state index contributed by atoms with van der Waals surface area (Å²) < 4.78 is 5.12. The van der Waals surface area contributed by atoms with E-state index in [-0.39, 0.29) is 11.4 Å². The Morgan fingerprint density at radius 3 is 2.22 bits per heavy atom. The normalized spacial score (nSPS) is 11.8. The molecule has 0 saturated carbocycles. The van der Waals surface area contributed by atoms with Gasteiger partial charge in [0.15, 0.2) is 5.75 Å². The van der Waals surface area contributed by atoms with Gasteiger partial charge in [-0.15, -0.1) is 0 Å². The van der Waals surface area contributed by atoms with Crippen LogP contribution in [0, 0.1) is 0 Å². The molecule has 0 bridgehead atoms. The Hall–Kier alpha value is -2.74. The molecule has 3 N–H and O–H groups in total. The van der Waals surface area contributed by atoms with Crippen molar-refractivity contribution in [3.05, 3.63) is 52.3 Å². The maximum absolute atomic E-state index is 11.8. The highest BCUT2D eigenvalue weighted by Gasteiger charge is 2.30. The third-order valence-corrected chi connectivity index (χ3v) is 4.88. The van der Waals surface area contributed by atoms with E-state index in [9.17, 15) is 24.9 Å². The average molecular weight is 391 g/mol. The second-order valence-corrected chi connectivity index (χ2v) is 6.88. The van der Waals surface area contributed by atoms with Crippen LogP contribution in [-0.2, 0) is 6.42 Å². The average Bonchev–Trinajstić information content (AvgIpc) is 2.65. The number of nitrogens with zero attached hydrogens (tertiary/aromatic N) is 1. The summed E-state index contributed by atoms with van der Waals surface area (Å²) in [5.74, 6) is -2.76. The van der Waals surface area contributed by atoms with Gasteiger partial charge >= 0.3 is 11.9 Å². The molecule has 1 aromatic heterocycles. The molecule has 8 heteroatoms. The third-order valence-electron chi connectivity index (χ3n) is 4.27. The Morgan fingerprint density at radius 1 is 1.15 bits per heavy atom. The van der Waals surface area contributed by atoms with E-state index in [1.54, 1.807) is 38.3 Å². The van der Waals surface area contributed by atoms with Crippen molar-refractivity contribution in [3.8, 4) is 11.5 Å². The molecule has 144 valence electrons. The molecule has 27 heavy (non-hydrogen) atoms. The minimum Gasteiger partial charge on any atom is -0.505 e. The van der Waals surface area contributed by atoms with Crippen LogP contribution in [0.5, 0.6) is 11.5 Å². The number of aromatic hydroxyl groups is 1. The number of pyridine rings is 1. The Bertz CT molecular complexity index is 850. The molecule has 0 saturated heterocycles. The maximum atomic E-state index is 11.8. The Morgan fingerprint density at radius 2 is 1.74 bits per heavy atom. The molecule has 1 aromatic carbocycles. The lowest BCUT2D eigenvalue weighted by Crippen LogP contribution is -2.18. The molecule has 0 aliphatic heterocycles. The number of benzene rings is 1. The van der Waals surface area contributed by atoms with Crippen molar-refractivity contribution in [2.24, 2.45) is 0 Å². The maximum Gasteiger partial charge on any atom is 0.340 e. The van der Waals surface area contributed by atoms with Crippen LogP contribution in [0.3, 0.4) is 0 Å². The third kappa shape index (κ3) is 4.33. The van der Waals surface area contributed by atoms with E-state index in [4.69, 9.17) is 4.74 Å². The van der Waals surface area contributed by atoms with Crippen LogP contribution >= 0.6 is 11.8 Å².